The van der Waals surface area contributed by atoms with E-state index in [0.29, 0.717) is 24.3 Å². The van der Waals surface area contributed by atoms with Gasteiger partial charge in [0.25, 0.3) is 11.5 Å². The van der Waals surface area contributed by atoms with Gasteiger partial charge in [-0.3, -0.25) is 14.5 Å². The van der Waals surface area contributed by atoms with Crippen molar-refractivity contribution in [2.75, 3.05) is 32.7 Å². The second-order valence-corrected chi connectivity index (χ2v) is 9.54. The van der Waals surface area contributed by atoms with Crippen molar-refractivity contribution in [2.24, 2.45) is 7.05 Å². The SMILES string of the molecule is Cn1c2c(c(=O)n3ncc(C(=O)NCCCN4CCCCC4)c13)CN(Cc1ccccc1)CC2. The van der Waals surface area contributed by atoms with Crippen molar-refractivity contribution in [1.82, 2.24) is 29.3 Å². The van der Waals surface area contributed by atoms with E-state index in [1.54, 1.807) is 0 Å². The van der Waals surface area contributed by atoms with Crippen molar-refractivity contribution < 1.29 is 4.79 Å². The molecule has 2 aliphatic heterocycles. The fourth-order valence-electron chi connectivity index (χ4n) is 5.36. The molecule has 0 saturated carbocycles. The van der Waals surface area contributed by atoms with Gasteiger partial charge in [0.1, 0.15) is 5.56 Å². The number of piperidine rings is 1. The Morgan fingerprint density at radius 2 is 1.85 bits per heavy atom. The Morgan fingerprint density at radius 3 is 2.65 bits per heavy atom. The van der Waals surface area contributed by atoms with Crippen LogP contribution in [0.3, 0.4) is 0 Å². The van der Waals surface area contributed by atoms with Crippen LogP contribution < -0.4 is 10.9 Å². The number of carbonyl (C=O) groups excluding carboxylic acids is 1. The van der Waals surface area contributed by atoms with Crippen LogP contribution in [0.5, 0.6) is 0 Å². The second-order valence-electron chi connectivity index (χ2n) is 9.54. The normalized spacial score (nSPS) is 17.1. The molecule has 8 nitrogen and oxygen atoms in total. The fourth-order valence-corrected chi connectivity index (χ4v) is 5.36. The smallest absolute Gasteiger partial charge is 0.279 e. The van der Waals surface area contributed by atoms with Crippen molar-refractivity contribution in [3.63, 3.8) is 0 Å². The number of nitrogens with one attached hydrogen (secondary N) is 1. The Morgan fingerprint density at radius 1 is 1.06 bits per heavy atom. The molecule has 1 fully saturated rings. The van der Waals surface area contributed by atoms with Crippen molar-refractivity contribution >= 4 is 11.6 Å². The molecule has 34 heavy (non-hydrogen) atoms. The molecule has 1 N–H and O–H groups in total. The number of likely N-dealkylation sites (tertiary alicyclic amines) is 1. The van der Waals surface area contributed by atoms with Gasteiger partial charge in [-0.1, -0.05) is 36.8 Å². The molecular formula is C26H34N6O2. The highest BCUT2D eigenvalue weighted by molar-refractivity contribution is 5.99. The zero-order chi connectivity index (χ0) is 23.5. The molecule has 1 amide bonds. The molecule has 0 radical (unpaired) electrons. The Hall–Kier alpha value is -2.97. The summed E-state index contributed by atoms with van der Waals surface area (Å²) in [5.41, 5.74) is 3.93. The summed E-state index contributed by atoms with van der Waals surface area (Å²) in [6, 6.07) is 10.3. The summed E-state index contributed by atoms with van der Waals surface area (Å²) in [6.45, 7) is 6.24. The minimum atomic E-state index is -0.162. The van der Waals surface area contributed by atoms with Gasteiger partial charge in [0, 0.05) is 45.3 Å². The van der Waals surface area contributed by atoms with Crippen LogP contribution in [-0.2, 0) is 26.6 Å². The number of hydrogen-bond donors (Lipinski definition) is 1. The van der Waals surface area contributed by atoms with E-state index in [-0.39, 0.29) is 11.5 Å². The molecule has 0 unspecified atom stereocenters. The summed E-state index contributed by atoms with van der Waals surface area (Å²) in [6.07, 6.45) is 7.11. The molecule has 0 atom stereocenters. The average molecular weight is 463 g/mol. The van der Waals surface area contributed by atoms with Crippen molar-refractivity contribution in [3.05, 3.63) is 69.3 Å². The summed E-state index contributed by atoms with van der Waals surface area (Å²) >= 11 is 0. The number of rotatable bonds is 7. The predicted octanol–water partition coefficient (Wildman–Crippen LogP) is 2.20. The number of fused-ring (bicyclic) bond motifs is 2. The van der Waals surface area contributed by atoms with Gasteiger partial charge >= 0.3 is 0 Å². The summed E-state index contributed by atoms with van der Waals surface area (Å²) in [5.74, 6) is -0.162. The molecule has 1 aromatic carbocycles. The molecule has 2 aromatic heterocycles. The number of benzene rings is 1. The molecule has 180 valence electrons. The number of aromatic nitrogens is 3. The van der Waals surface area contributed by atoms with Crippen LogP contribution in [-0.4, -0.2) is 62.6 Å². The number of amides is 1. The lowest BCUT2D eigenvalue weighted by Crippen LogP contribution is -2.38. The third-order valence-corrected chi connectivity index (χ3v) is 7.19. The topological polar surface area (TPSA) is 74.9 Å². The highest BCUT2D eigenvalue weighted by Crippen LogP contribution is 2.21. The largest absolute Gasteiger partial charge is 0.352 e. The van der Waals surface area contributed by atoms with Crippen LogP contribution in [0.1, 0.15) is 52.9 Å². The molecule has 5 rings (SSSR count). The fraction of sp³-hybridized carbons (Fsp3) is 0.500. The molecule has 1 saturated heterocycles. The molecule has 0 aliphatic carbocycles. The van der Waals surface area contributed by atoms with Gasteiger partial charge in [-0.05, 0) is 44.5 Å². The Bertz CT molecular complexity index is 1210. The lowest BCUT2D eigenvalue weighted by Gasteiger charge is -2.29. The van der Waals surface area contributed by atoms with Gasteiger partial charge < -0.3 is 14.8 Å². The van der Waals surface area contributed by atoms with Crippen molar-refractivity contribution in [3.8, 4) is 0 Å². The van der Waals surface area contributed by atoms with E-state index >= 15 is 0 Å². The Kier molecular flexibility index (Phi) is 6.78. The van der Waals surface area contributed by atoms with Gasteiger partial charge in [-0.25, -0.2) is 0 Å². The third-order valence-electron chi connectivity index (χ3n) is 7.19. The minimum Gasteiger partial charge on any atom is -0.352 e. The minimum absolute atomic E-state index is 0.120. The molecule has 0 spiro atoms. The highest BCUT2D eigenvalue weighted by Gasteiger charge is 2.26. The second kappa shape index (κ2) is 10.1. The summed E-state index contributed by atoms with van der Waals surface area (Å²) in [5, 5.41) is 7.35. The van der Waals surface area contributed by atoms with Crippen molar-refractivity contribution in [2.45, 2.75) is 45.2 Å². The van der Waals surface area contributed by atoms with Gasteiger partial charge in [0.05, 0.1) is 11.8 Å². The maximum atomic E-state index is 13.3. The van der Waals surface area contributed by atoms with Gasteiger partial charge in [-0.15, -0.1) is 0 Å². The number of hydrogen-bond acceptors (Lipinski definition) is 5. The molecular weight excluding hydrogens is 428 g/mol. The van der Waals surface area contributed by atoms with Crippen LogP contribution >= 0.6 is 0 Å². The maximum absolute atomic E-state index is 13.3. The number of nitrogens with zero attached hydrogens (tertiary/aromatic N) is 5. The Labute approximate surface area is 200 Å². The van der Waals surface area contributed by atoms with E-state index in [1.807, 2.05) is 29.8 Å². The average Bonchev–Trinajstić information content (AvgIpc) is 3.32. The van der Waals surface area contributed by atoms with Gasteiger partial charge in [0.2, 0.25) is 0 Å². The van der Waals surface area contributed by atoms with E-state index in [4.69, 9.17) is 0 Å². The lowest BCUT2D eigenvalue weighted by molar-refractivity contribution is 0.0952. The Balaban J connectivity index is 1.29. The quantitative estimate of drug-likeness (QED) is 0.545. The molecule has 8 heteroatoms. The lowest BCUT2D eigenvalue weighted by atomic mass is 10.1. The maximum Gasteiger partial charge on any atom is 0.279 e. The molecule has 4 heterocycles. The predicted molar refractivity (Wildman–Crippen MR) is 132 cm³/mol. The van der Waals surface area contributed by atoms with Crippen LogP contribution in [0.4, 0.5) is 0 Å². The van der Waals surface area contributed by atoms with E-state index in [0.717, 1.165) is 56.8 Å². The van der Waals surface area contributed by atoms with Crippen LogP contribution in [0.2, 0.25) is 0 Å². The monoisotopic (exact) mass is 462 g/mol. The van der Waals surface area contributed by atoms with Gasteiger partial charge in [0.15, 0.2) is 5.65 Å². The first-order valence-electron chi connectivity index (χ1n) is 12.5. The van der Waals surface area contributed by atoms with E-state index in [1.165, 1.54) is 35.5 Å². The van der Waals surface area contributed by atoms with Gasteiger partial charge in [-0.2, -0.15) is 9.61 Å². The molecule has 0 bridgehead atoms. The zero-order valence-corrected chi connectivity index (χ0v) is 20.0. The van der Waals surface area contributed by atoms with E-state index in [2.05, 4.69) is 32.3 Å². The first-order valence-corrected chi connectivity index (χ1v) is 12.5. The number of carbonyl (C=O) groups is 1. The standard InChI is InChI=1S/C26H34N6O2/c1-29-23-11-16-31(18-20-9-4-2-5-10-20)19-22(23)26(34)32-25(29)21(17-28-32)24(33)27-12-8-15-30-13-6-3-7-14-30/h2,4-5,9-10,17H,3,6-8,11-16,18-19H2,1H3,(H,27,33). The van der Waals surface area contributed by atoms with Crippen molar-refractivity contribution in [1.29, 1.82) is 0 Å². The first kappa shape index (κ1) is 22.8. The molecule has 2 aliphatic rings. The van der Waals surface area contributed by atoms with Crippen LogP contribution in [0.25, 0.3) is 5.65 Å². The summed E-state index contributed by atoms with van der Waals surface area (Å²) < 4.78 is 3.39. The third kappa shape index (κ3) is 4.65. The first-order chi connectivity index (χ1) is 16.6. The summed E-state index contributed by atoms with van der Waals surface area (Å²) in [4.78, 5) is 31.0. The highest BCUT2D eigenvalue weighted by atomic mass is 16.2. The van der Waals surface area contributed by atoms with E-state index < -0.39 is 0 Å². The van der Waals surface area contributed by atoms with Crippen LogP contribution in [0.15, 0.2) is 41.3 Å². The van der Waals surface area contributed by atoms with E-state index in [9.17, 15) is 9.59 Å². The van der Waals surface area contributed by atoms with Crippen LogP contribution in [0, 0.1) is 0 Å². The zero-order valence-electron chi connectivity index (χ0n) is 20.0. The number of aryl methyl sites for hydroxylation is 1. The molecule has 3 aromatic rings. The summed E-state index contributed by atoms with van der Waals surface area (Å²) in [7, 11) is 1.94.